The number of amides is 1. The monoisotopic (exact) mass is 494 g/mol. The molecule has 5 nitrogen and oxygen atoms in total. The van der Waals surface area contributed by atoms with Gasteiger partial charge in [-0.2, -0.15) is 4.31 Å². The molecule has 1 aromatic carbocycles. The third-order valence-corrected chi connectivity index (χ3v) is 8.56. The number of sulfonamides is 1. The number of hydrogen-bond donors (Lipinski definition) is 1. The largest absolute Gasteiger partial charge is 0.325 e. The van der Waals surface area contributed by atoms with Crippen LogP contribution in [0.15, 0.2) is 12.1 Å². The van der Waals surface area contributed by atoms with E-state index in [9.17, 15) is 13.2 Å². The number of nitrogens with one attached hydrogen (secondary N) is 1. The lowest BCUT2D eigenvalue weighted by atomic mass is 9.74. The summed E-state index contributed by atoms with van der Waals surface area (Å²) in [5.41, 5.74) is 3.47. The minimum Gasteiger partial charge on any atom is -0.325 e. The molecule has 0 aliphatic carbocycles. The molecular formula is C28H50N2O3S. The number of carbonyl (C=O) groups is 1. The summed E-state index contributed by atoms with van der Waals surface area (Å²) in [6, 6.07) is 4.02. The zero-order valence-corrected chi connectivity index (χ0v) is 24.8. The Kier molecular flexibility index (Phi) is 9.63. The number of nitrogens with zero attached hydrogens (tertiary/aromatic N) is 1. The molecule has 6 heteroatoms. The Labute approximate surface area is 210 Å². The van der Waals surface area contributed by atoms with Crippen molar-refractivity contribution < 1.29 is 13.2 Å². The highest BCUT2D eigenvalue weighted by molar-refractivity contribution is 7.89. The van der Waals surface area contributed by atoms with Crippen LogP contribution in [0, 0.1) is 0 Å². The molecule has 34 heavy (non-hydrogen) atoms. The molecule has 0 aliphatic heterocycles. The van der Waals surface area contributed by atoms with E-state index in [1.807, 2.05) is 27.7 Å². The highest BCUT2D eigenvalue weighted by atomic mass is 32.2. The maximum atomic E-state index is 13.3. The van der Waals surface area contributed by atoms with E-state index < -0.39 is 21.7 Å². The summed E-state index contributed by atoms with van der Waals surface area (Å²) in [5.74, 6) is -1.05. The second-order valence-corrected chi connectivity index (χ2v) is 14.7. The lowest BCUT2D eigenvalue weighted by Crippen LogP contribution is -2.47. The van der Waals surface area contributed by atoms with E-state index in [2.05, 4.69) is 79.8 Å². The minimum atomic E-state index is -3.77. The average molecular weight is 495 g/mol. The second-order valence-electron chi connectivity index (χ2n) is 12.8. The lowest BCUT2D eigenvalue weighted by molar-refractivity contribution is -0.114. The third-order valence-electron chi connectivity index (χ3n) is 6.57. The topological polar surface area (TPSA) is 66.5 Å². The first-order chi connectivity index (χ1) is 15.2. The lowest BCUT2D eigenvalue weighted by Gasteiger charge is -2.34. The highest BCUT2D eigenvalue weighted by Crippen LogP contribution is 2.41. The zero-order valence-electron chi connectivity index (χ0n) is 24.0. The molecule has 0 aliphatic rings. The quantitative estimate of drug-likeness (QED) is 0.435. The fourth-order valence-electron chi connectivity index (χ4n) is 4.15. The summed E-state index contributed by atoms with van der Waals surface area (Å²) in [6.07, 6.45) is 1.39. The van der Waals surface area contributed by atoms with Crippen LogP contribution >= 0.6 is 0 Å². The van der Waals surface area contributed by atoms with Crippen molar-refractivity contribution in [3.8, 4) is 0 Å². The maximum absolute atomic E-state index is 13.3. The Balaban J connectivity index is 3.59. The first-order valence-corrected chi connectivity index (χ1v) is 14.3. The van der Waals surface area contributed by atoms with Gasteiger partial charge in [-0.3, -0.25) is 4.79 Å². The fourth-order valence-corrected chi connectivity index (χ4v) is 6.10. The Hall–Kier alpha value is -1.40. The van der Waals surface area contributed by atoms with E-state index in [0.717, 1.165) is 16.8 Å². The minimum absolute atomic E-state index is 0.0566. The van der Waals surface area contributed by atoms with Crippen molar-refractivity contribution in [2.24, 2.45) is 0 Å². The van der Waals surface area contributed by atoms with Gasteiger partial charge in [0.05, 0.1) is 0 Å². The van der Waals surface area contributed by atoms with Crippen LogP contribution in [0.2, 0.25) is 0 Å². The van der Waals surface area contributed by atoms with Crippen molar-refractivity contribution in [1.82, 2.24) is 4.31 Å². The van der Waals surface area contributed by atoms with Crippen LogP contribution in [-0.4, -0.2) is 36.5 Å². The van der Waals surface area contributed by atoms with Gasteiger partial charge in [-0.25, -0.2) is 8.42 Å². The number of hydrogen-bond acceptors (Lipinski definition) is 3. The molecule has 0 saturated carbocycles. The standard InChI is InChI=1S/C28H50N2O3S/c1-14-19(3)30(20(4)15-2)34(32,33)18-24(31)29-25-22(27(8,9)10)16-21(26(5,6)7)17-23(25)28(11,12)13/h16-17,19-20H,14-15,18H2,1-13H3,(H,29,31). The molecule has 1 N–H and O–H groups in total. The highest BCUT2D eigenvalue weighted by Gasteiger charge is 2.34. The van der Waals surface area contributed by atoms with E-state index in [1.54, 1.807) is 0 Å². The van der Waals surface area contributed by atoms with Crippen molar-refractivity contribution >= 4 is 21.6 Å². The van der Waals surface area contributed by atoms with E-state index in [0.29, 0.717) is 12.8 Å². The molecule has 0 spiro atoms. The summed E-state index contributed by atoms with van der Waals surface area (Å²) in [6.45, 7) is 27.1. The van der Waals surface area contributed by atoms with Crippen LogP contribution in [0.4, 0.5) is 5.69 Å². The van der Waals surface area contributed by atoms with Crippen molar-refractivity contribution in [2.75, 3.05) is 11.1 Å². The van der Waals surface area contributed by atoms with E-state index in [-0.39, 0.29) is 28.3 Å². The van der Waals surface area contributed by atoms with E-state index >= 15 is 0 Å². The Morgan fingerprint density at radius 1 is 0.824 bits per heavy atom. The molecule has 2 unspecified atom stereocenters. The molecule has 0 saturated heterocycles. The van der Waals surface area contributed by atoms with Crippen molar-refractivity contribution in [1.29, 1.82) is 0 Å². The van der Waals surface area contributed by atoms with E-state index in [1.165, 1.54) is 9.87 Å². The zero-order chi connectivity index (χ0) is 26.9. The summed E-state index contributed by atoms with van der Waals surface area (Å²) in [4.78, 5) is 13.3. The van der Waals surface area contributed by atoms with Crippen molar-refractivity contribution in [2.45, 2.75) is 131 Å². The van der Waals surface area contributed by atoms with Gasteiger partial charge >= 0.3 is 0 Å². The van der Waals surface area contributed by atoms with Gasteiger partial charge in [-0.05, 0) is 59.6 Å². The van der Waals surface area contributed by atoms with Crippen molar-refractivity contribution in [3.05, 3.63) is 28.8 Å². The predicted octanol–water partition coefficient (Wildman–Crippen LogP) is 6.75. The molecule has 1 amide bonds. The normalized spacial score (nSPS) is 15.4. The molecule has 0 aromatic heterocycles. The van der Waals surface area contributed by atoms with Gasteiger partial charge in [0.1, 0.15) is 5.75 Å². The molecule has 1 aromatic rings. The molecule has 0 radical (unpaired) electrons. The number of rotatable bonds is 8. The second kappa shape index (κ2) is 10.7. The maximum Gasteiger partial charge on any atom is 0.241 e. The summed E-state index contributed by atoms with van der Waals surface area (Å²) in [7, 11) is -3.77. The van der Waals surface area contributed by atoms with Gasteiger partial charge in [0.25, 0.3) is 0 Å². The summed E-state index contributed by atoms with van der Waals surface area (Å²) >= 11 is 0. The van der Waals surface area contributed by atoms with Crippen LogP contribution in [-0.2, 0) is 31.1 Å². The van der Waals surface area contributed by atoms with Gasteiger partial charge in [0.15, 0.2) is 0 Å². The number of carbonyl (C=O) groups excluding carboxylic acids is 1. The first kappa shape index (κ1) is 30.6. The molecule has 2 atom stereocenters. The first-order valence-electron chi connectivity index (χ1n) is 12.7. The molecule has 0 bridgehead atoms. The van der Waals surface area contributed by atoms with Gasteiger partial charge in [0.2, 0.25) is 15.9 Å². The Morgan fingerprint density at radius 2 is 1.21 bits per heavy atom. The number of benzene rings is 1. The fraction of sp³-hybridized carbons (Fsp3) is 0.750. The third kappa shape index (κ3) is 7.55. The molecule has 0 heterocycles. The van der Waals surface area contributed by atoms with Crippen LogP contribution in [0.25, 0.3) is 0 Å². The van der Waals surface area contributed by atoms with Crippen LogP contribution < -0.4 is 5.32 Å². The molecule has 196 valence electrons. The molecular weight excluding hydrogens is 444 g/mol. The Bertz CT molecular complexity index is 916. The predicted molar refractivity (Wildman–Crippen MR) is 146 cm³/mol. The van der Waals surface area contributed by atoms with Gasteiger partial charge in [0, 0.05) is 17.8 Å². The van der Waals surface area contributed by atoms with Gasteiger partial charge < -0.3 is 5.32 Å². The van der Waals surface area contributed by atoms with Crippen LogP contribution in [0.1, 0.15) is 120 Å². The van der Waals surface area contributed by atoms with Crippen molar-refractivity contribution in [3.63, 3.8) is 0 Å². The Morgan fingerprint density at radius 3 is 1.50 bits per heavy atom. The van der Waals surface area contributed by atoms with Crippen LogP contribution in [0.3, 0.4) is 0 Å². The summed E-state index contributed by atoms with van der Waals surface area (Å²) in [5, 5.41) is 3.05. The van der Waals surface area contributed by atoms with E-state index in [4.69, 9.17) is 0 Å². The average Bonchev–Trinajstić information content (AvgIpc) is 2.64. The molecule has 0 fully saturated rings. The number of anilines is 1. The summed E-state index contributed by atoms with van der Waals surface area (Å²) < 4.78 is 28.2. The van der Waals surface area contributed by atoms with Gasteiger partial charge in [-0.15, -0.1) is 0 Å². The smallest absolute Gasteiger partial charge is 0.241 e. The van der Waals surface area contributed by atoms with Gasteiger partial charge in [-0.1, -0.05) is 88.3 Å². The SMILES string of the molecule is CCC(C)N(C(C)CC)S(=O)(=O)CC(=O)Nc1c(C(C)(C)C)cc(C(C)(C)C)cc1C(C)(C)C. The molecule has 1 rings (SSSR count). The van der Waals surface area contributed by atoms with Crippen LogP contribution in [0.5, 0.6) is 0 Å².